The minimum atomic E-state index is -0.142. The smallest absolute Gasteiger partial charge is 0.195 e. The maximum atomic E-state index is 10.9. The Hall–Kier alpha value is -1.21. The molecule has 0 fully saturated rings. The molecule has 1 rings (SSSR count). The summed E-state index contributed by atoms with van der Waals surface area (Å²) in [6.45, 7) is 0. The fourth-order valence-corrected chi connectivity index (χ4v) is 0.930. The van der Waals surface area contributed by atoms with E-state index in [-0.39, 0.29) is 12.2 Å². The standard InChI is InChI=1S/C6H4N2OS/c1-2-3-6(9)5-4-10-8-7-5/h1,4H,3H2. The molecule has 0 spiro atoms. The van der Waals surface area contributed by atoms with Crippen molar-refractivity contribution in [2.75, 3.05) is 0 Å². The molecule has 1 aromatic rings. The van der Waals surface area contributed by atoms with E-state index in [1.807, 2.05) is 0 Å². The van der Waals surface area contributed by atoms with Crippen LogP contribution in [0.4, 0.5) is 0 Å². The summed E-state index contributed by atoms with van der Waals surface area (Å²) in [6, 6.07) is 0. The second kappa shape index (κ2) is 3.08. The Kier molecular flexibility index (Phi) is 2.13. The molecular weight excluding hydrogens is 148 g/mol. The first-order valence-electron chi connectivity index (χ1n) is 2.58. The van der Waals surface area contributed by atoms with Gasteiger partial charge in [0.05, 0.1) is 6.42 Å². The van der Waals surface area contributed by atoms with Crippen LogP contribution in [0.5, 0.6) is 0 Å². The van der Waals surface area contributed by atoms with Gasteiger partial charge in [0.15, 0.2) is 5.78 Å². The first-order valence-corrected chi connectivity index (χ1v) is 3.42. The summed E-state index contributed by atoms with van der Waals surface area (Å²) >= 11 is 1.14. The topological polar surface area (TPSA) is 42.9 Å². The van der Waals surface area contributed by atoms with E-state index in [4.69, 9.17) is 6.42 Å². The van der Waals surface area contributed by atoms with Crippen LogP contribution in [-0.4, -0.2) is 15.4 Å². The average molecular weight is 152 g/mol. The largest absolute Gasteiger partial charge is 0.291 e. The van der Waals surface area contributed by atoms with E-state index in [0.717, 1.165) is 11.5 Å². The Morgan fingerprint density at radius 1 is 1.90 bits per heavy atom. The molecule has 50 valence electrons. The van der Waals surface area contributed by atoms with Crippen molar-refractivity contribution in [3.63, 3.8) is 0 Å². The minimum absolute atomic E-state index is 0.103. The van der Waals surface area contributed by atoms with Crippen molar-refractivity contribution in [3.8, 4) is 12.3 Å². The van der Waals surface area contributed by atoms with Crippen LogP contribution in [0.25, 0.3) is 0 Å². The summed E-state index contributed by atoms with van der Waals surface area (Å²) in [6.07, 6.45) is 5.02. The predicted octanol–water partition coefficient (Wildman–Crippen LogP) is 0.744. The molecule has 0 saturated heterocycles. The van der Waals surface area contributed by atoms with Gasteiger partial charge in [-0.2, -0.15) is 0 Å². The van der Waals surface area contributed by atoms with Crippen molar-refractivity contribution in [2.45, 2.75) is 6.42 Å². The van der Waals surface area contributed by atoms with Gasteiger partial charge in [-0.3, -0.25) is 4.79 Å². The number of carbonyl (C=O) groups is 1. The van der Waals surface area contributed by atoms with Gasteiger partial charge in [-0.15, -0.1) is 11.5 Å². The summed E-state index contributed by atoms with van der Waals surface area (Å²) < 4.78 is 3.53. The highest BCUT2D eigenvalue weighted by molar-refractivity contribution is 7.03. The van der Waals surface area contributed by atoms with Crippen LogP contribution >= 0.6 is 11.5 Å². The predicted molar refractivity (Wildman–Crippen MR) is 37.7 cm³/mol. The molecule has 0 atom stereocenters. The Bertz CT molecular complexity index is 260. The molecule has 0 radical (unpaired) electrons. The second-order valence-electron chi connectivity index (χ2n) is 1.59. The van der Waals surface area contributed by atoms with Gasteiger partial charge in [0, 0.05) is 5.38 Å². The van der Waals surface area contributed by atoms with E-state index in [0.29, 0.717) is 5.69 Å². The monoisotopic (exact) mass is 152 g/mol. The fraction of sp³-hybridized carbons (Fsp3) is 0.167. The van der Waals surface area contributed by atoms with Gasteiger partial charge in [-0.05, 0) is 11.5 Å². The van der Waals surface area contributed by atoms with Crippen molar-refractivity contribution >= 4 is 17.3 Å². The summed E-state index contributed by atoms with van der Waals surface area (Å²) in [7, 11) is 0. The number of carbonyl (C=O) groups excluding carboxylic acids is 1. The number of hydrogen-bond donors (Lipinski definition) is 0. The highest BCUT2D eigenvalue weighted by atomic mass is 32.1. The van der Waals surface area contributed by atoms with Gasteiger partial charge in [0.1, 0.15) is 5.69 Å². The van der Waals surface area contributed by atoms with Crippen LogP contribution < -0.4 is 0 Å². The van der Waals surface area contributed by atoms with Gasteiger partial charge in [0.25, 0.3) is 0 Å². The maximum absolute atomic E-state index is 10.9. The molecule has 0 aliphatic heterocycles. The van der Waals surface area contributed by atoms with E-state index < -0.39 is 0 Å². The average Bonchev–Trinajstić information content (AvgIpc) is 2.38. The van der Waals surface area contributed by atoms with Crippen molar-refractivity contribution < 1.29 is 4.79 Å². The molecule has 0 aliphatic carbocycles. The van der Waals surface area contributed by atoms with Crippen molar-refractivity contribution in [1.82, 2.24) is 9.59 Å². The van der Waals surface area contributed by atoms with Crippen molar-refractivity contribution in [3.05, 3.63) is 11.1 Å². The molecule has 0 N–H and O–H groups in total. The first kappa shape index (κ1) is 6.90. The fourth-order valence-electron chi connectivity index (χ4n) is 0.469. The van der Waals surface area contributed by atoms with Crippen molar-refractivity contribution in [1.29, 1.82) is 0 Å². The third-order valence-electron chi connectivity index (χ3n) is 0.908. The van der Waals surface area contributed by atoms with E-state index >= 15 is 0 Å². The molecule has 1 aromatic heterocycles. The Morgan fingerprint density at radius 3 is 3.20 bits per heavy atom. The summed E-state index contributed by atoms with van der Waals surface area (Å²) in [5.41, 5.74) is 0.364. The molecule has 10 heavy (non-hydrogen) atoms. The lowest BCUT2D eigenvalue weighted by molar-refractivity contribution is 0.0993. The quantitative estimate of drug-likeness (QED) is 0.463. The van der Waals surface area contributed by atoms with Crippen LogP contribution in [0.1, 0.15) is 16.9 Å². The number of Topliss-reactive ketones (excluding diaryl/α,β-unsaturated/α-hetero) is 1. The van der Waals surface area contributed by atoms with Crippen LogP contribution in [0, 0.1) is 12.3 Å². The number of terminal acetylenes is 1. The number of ketones is 1. The highest BCUT2D eigenvalue weighted by Crippen LogP contribution is 1.99. The Labute approximate surface area is 62.2 Å². The lowest BCUT2D eigenvalue weighted by Crippen LogP contribution is -1.96. The van der Waals surface area contributed by atoms with Gasteiger partial charge >= 0.3 is 0 Å². The number of aromatic nitrogens is 2. The van der Waals surface area contributed by atoms with Crippen LogP contribution in [-0.2, 0) is 0 Å². The lowest BCUT2D eigenvalue weighted by Gasteiger charge is -1.83. The molecule has 0 saturated carbocycles. The van der Waals surface area contributed by atoms with Crippen LogP contribution in [0.15, 0.2) is 5.38 Å². The summed E-state index contributed by atoms with van der Waals surface area (Å²) in [5, 5.41) is 5.14. The lowest BCUT2D eigenvalue weighted by atomic mass is 10.2. The Balaban J connectivity index is 2.71. The minimum Gasteiger partial charge on any atom is -0.291 e. The Morgan fingerprint density at radius 2 is 2.70 bits per heavy atom. The first-order chi connectivity index (χ1) is 4.84. The second-order valence-corrected chi connectivity index (χ2v) is 2.20. The van der Waals surface area contributed by atoms with E-state index in [2.05, 4.69) is 15.5 Å². The van der Waals surface area contributed by atoms with E-state index in [1.54, 1.807) is 5.38 Å². The normalized spacial score (nSPS) is 8.70. The zero-order valence-corrected chi connectivity index (χ0v) is 5.89. The molecular formula is C6H4N2OS. The number of nitrogens with zero attached hydrogens (tertiary/aromatic N) is 2. The number of hydrogen-bond acceptors (Lipinski definition) is 4. The SMILES string of the molecule is C#CCC(=O)c1csnn1. The molecule has 1 heterocycles. The third-order valence-corrected chi connectivity index (χ3v) is 1.41. The van der Waals surface area contributed by atoms with E-state index in [9.17, 15) is 4.79 Å². The highest BCUT2D eigenvalue weighted by Gasteiger charge is 2.05. The zero-order chi connectivity index (χ0) is 7.40. The number of rotatable bonds is 2. The molecule has 3 nitrogen and oxygen atoms in total. The van der Waals surface area contributed by atoms with Crippen LogP contribution in [0.2, 0.25) is 0 Å². The maximum Gasteiger partial charge on any atom is 0.195 e. The zero-order valence-electron chi connectivity index (χ0n) is 5.07. The van der Waals surface area contributed by atoms with Crippen LogP contribution in [0.3, 0.4) is 0 Å². The van der Waals surface area contributed by atoms with Gasteiger partial charge < -0.3 is 0 Å². The van der Waals surface area contributed by atoms with E-state index in [1.165, 1.54) is 0 Å². The third kappa shape index (κ3) is 1.39. The van der Waals surface area contributed by atoms with Gasteiger partial charge in [-0.25, -0.2) is 0 Å². The molecule has 0 unspecified atom stereocenters. The molecule has 0 amide bonds. The molecule has 0 aliphatic rings. The molecule has 0 bridgehead atoms. The summed E-state index contributed by atoms with van der Waals surface area (Å²) in [4.78, 5) is 10.9. The van der Waals surface area contributed by atoms with Gasteiger partial charge in [-0.1, -0.05) is 10.4 Å². The summed E-state index contributed by atoms with van der Waals surface area (Å²) in [5.74, 6) is 2.10. The molecule has 0 aromatic carbocycles. The van der Waals surface area contributed by atoms with Crippen molar-refractivity contribution in [2.24, 2.45) is 0 Å². The molecule has 4 heteroatoms. The van der Waals surface area contributed by atoms with Gasteiger partial charge in [0.2, 0.25) is 0 Å².